The van der Waals surface area contributed by atoms with Crippen LogP contribution in [-0.4, -0.2) is 22.9 Å². The molecule has 1 aliphatic heterocycles. The van der Waals surface area contributed by atoms with Crippen LogP contribution < -0.4 is 4.90 Å². The van der Waals surface area contributed by atoms with Crippen LogP contribution in [-0.2, 0) is 16.6 Å². The van der Waals surface area contributed by atoms with Crippen molar-refractivity contribution < 1.29 is 4.79 Å². The summed E-state index contributed by atoms with van der Waals surface area (Å²) in [6.07, 6.45) is 7.65. The van der Waals surface area contributed by atoms with Crippen LogP contribution in [0.1, 0.15) is 38.9 Å². The molecule has 3 heterocycles. The Balaban J connectivity index is 1.59. The van der Waals surface area contributed by atoms with Gasteiger partial charge in [0.15, 0.2) is 0 Å². The first-order valence-corrected chi connectivity index (χ1v) is 14.3. The molecule has 1 amide bonds. The number of likely N-dealkylation sites (N-methyl/N-ethyl adjacent to an activating group) is 1. The molecule has 0 atom stereocenters. The van der Waals surface area contributed by atoms with Gasteiger partial charge in [0.1, 0.15) is 5.41 Å². The lowest BCUT2D eigenvalue weighted by atomic mass is 9.68. The fourth-order valence-corrected chi connectivity index (χ4v) is 6.84. The number of rotatable bonds is 5. The number of amides is 1. The van der Waals surface area contributed by atoms with E-state index in [1.165, 1.54) is 16.3 Å². The fourth-order valence-electron chi connectivity index (χ4n) is 6.84. The zero-order valence-electron chi connectivity index (χ0n) is 24.0. The average Bonchev–Trinajstić information content (AvgIpc) is 3.31. The van der Waals surface area contributed by atoms with Gasteiger partial charge in [-0.05, 0) is 99.5 Å². The number of pyridine rings is 2. The van der Waals surface area contributed by atoms with Gasteiger partial charge in [-0.15, -0.1) is 0 Å². The van der Waals surface area contributed by atoms with Gasteiger partial charge in [-0.1, -0.05) is 60.7 Å². The lowest BCUT2D eigenvalue weighted by Gasteiger charge is -2.31. The van der Waals surface area contributed by atoms with E-state index in [0.29, 0.717) is 12.0 Å². The van der Waals surface area contributed by atoms with Crippen molar-refractivity contribution in [1.82, 2.24) is 9.97 Å². The third kappa shape index (κ3) is 4.03. The van der Waals surface area contributed by atoms with Crippen LogP contribution in [0.2, 0.25) is 0 Å². The molecule has 0 saturated carbocycles. The maximum absolute atomic E-state index is 14.8. The van der Waals surface area contributed by atoms with Crippen molar-refractivity contribution >= 4 is 22.4 Å². The number of nitrogens with zero attached hydrogens (tertiary/aromatic N) is 4. The van der Waals surface area contributed by atoms with E-state index in [2.05, 4.69) is 71.5 Å². The summed E-state index contributed by atoms with van der Waals surface area (Å²) in [5.41, 5.74) is 8.49. The minimum atomic E-state index is -1.08. The number of benzene rings is 4. The molecule has 6 aromatic rings. The monoisotopic (exact) mass is 556 g/mol. The largest absolute Gasteiger partial charge is 0.313 e. The first-order chi connectivity index (χ1) is 21.0. The Morgan fingerprint density at radius 1 is 0.791 bits per heavy atom. The van der Waals surface area contributed by atoms with Crippen molar-refractivity contribution in [1.29, 1.82) is 5.26 Å². The minimum absolute atomic E-state index is 0.0147. The third-order valence-corrected chi connectivity index (χ3v) is 8.78. The number of hydrogen-bond acceptors (Lipinski definition) is 4. The number of carbonyl (C=O) groups is 1. The molecule has 2 aromatic heterocycles. The van der Waals surface area contributed by atoms with Crippen LogP contribution in [0.3, 0.4) is 0 Å². The van der Waals surface area contributed by atoms with Crippen LogP contribution in [0.5, 0.6) is 0 Å². The van der Waals surface area contributed by atoms with Crippen molar-refractivity contribution in [2.45, 2.75) is 18.8 Å². The summed E-state index contributed by atoms with van der Waals surface area (Å²) in [6, 6.07) is 34.8. The maximum Gasteiger partial charge on any atom is 0.246 e. The second-order valence-corrected chi connectivity index (χ2v) is 11.0. The molecule has 0 bridgehead atoms. The topological polar surface area (TPSA) is 69.9 Å². The summed E-state index contributed by atoms with van der Waals surface area (Å²) in [5, 5.41) is 11.8. The average molecular weight is 557 g/mol. The Labute approximate surface area is 250 Å². The zero-order valence-corrected chi connectivity index (χ0v) is 24.0. The number of carbonyl (C=O) groups excluding carboxylic acids is 1. The molecule has 5 nitrogen and oxygen atoms in total. The van der Waals surface area contributed by atoms with Crippen LogP contribution in [0, 0.1) is 18.3 Å². The van der Waals surface area contributed by atoms with Gasteiger partial charge in [0.05, 0.1) is 17.3 Å². The van der Waals surface area contributed by atoms with Gasteiger partial charge in [-0.25, -0.2) is 0 Å². The number of anilines is 1. The Hall–Kier alpha value is -5.60. The van der Waals surface area contributed by atoms with E-state index in [0.717, 1.165) is 44.6 Å². The zero-order chi connectivity index (χ0) is 29.6. The quantitative estimate of drug-likeness (QED) is 0.222. The van der Waals surface area contributed by atoms with Crippen LogP contribution in [0.15, 0.2) is 122 Å². The maximum atomic E-state index is 14.8. The van der Waals surface area contributed by atoms with Crippen molar-refractivity contribution in [3.63, 3.8) is 0 Å². The highest BCUT2D eigenvalue weighted by Crippen LogP contribution is 2.54. The summed E-state index contributed by atoms with van der Waals surface area (Å²) in [7, 11) is 1.88. The predicted molar refractivity (Wildman–Crippen MR) is 170 cm³/mol. The van der Waals surface area contributed by atoms with Crippen molar-refractivity contribution in [2.75, 3.05) is 11.9 Å². The molecule has 206 valence electrons. The highest BCUT2D eigenvalue weighted by atomic mass is 16.2. The molecule has 5 heteroatoms. The molecule has 0 fully saturated rings. The lowest BCUT2D eigenvalue weighted by Crippen LogP contribution is -2.41. The van der Waals surface area contributed by atoms with Gasteiger partial charge < -0.3 is 4.90 Å². The highest BCUT2D eigenvalue weighted by Gasteiger charge is 2.54. The van der Waals surface area contributed by atoms with E-state index in [-0.39, 0.29) is 5.91 Å². The summed E-state index contributed by atoms with van der Waals surface area (Å²) >= 11 is 0. The van der Waals surface area contributed by atoms with E-state index in [1.54, 1.807) is 24.8 Å². The Bertz CT molecular complexity index is 2000. The second-order valence-electron chi connectivity index (χ2n) is 11.0. The third-order valence-electron chi connectivity index (χ3n) is 8.78. The van der Waals surface area contributed by atoms with Gasteiger partial charge in [0.2, 0.25) is 5.91 Å². The van der Waals surface area contributed by atoms with E-state index < -0.39 is 5.41 Å². The second kappa shape index (κ2) is 10.3. The molecule has 43 heavy (non-hydrogen) atoms. The summed E-state index contributed by atoms with van der Waals surface area (Å²) in [6.45, 7) is 2.09. The standard InChI is InChI=1S/C38H28N4O/c1-25-34(28-12-10-26(24-39)11-13-28)23-30(22-29-8-5-7-27-6-3-4-9-33(27)29)35-36(25)42(2)37(43)38(35,31-14-18-40-19-15-31)32-16-20-41-21-17-32/h3-21,23H,22H2,1-2H3. The van der Waals surface area contributed by atoms with Gasteiger partial charge in [0.25, 0.3) is 0 Å². The molecule has 0 N–H and O–H groups in total. The SMILES string of the molecule is Cc1c(-c2ccc(C#N)cc2)cc(Cc2cccc3ccccc23)c2c1N(C)C(=O)C2(c1ccncc1)c1ccncc1. The minimum Gasteiger partial charge on any atom is -0.313 e. The highest BCUT2D eigenvalue weighted by molar-refractivity contribution is 6.14. The lowest BCUT2D eigenvalue weighted by molar-refractivity contribution is -0.120. The van der Waals surface area contributed by atoms with E-state index in [4.69, 9.17) is 0 Å². The first kappa shape index (κ1) is 26.3. The molecular formula is C38H28N4O. The molecule has 0 radical (unpaired) electrons. The smallest absolute Gasteiger partial charge is 0.246 e. The van der Waals surface area contributed by atoms with Gasteiger partial charge in [0, 0.05) is 37.4 Å². The van der Waals surface area contributed by atoms with Crippen molar-refractivity contribution in [3.05, 3.63) is 161 Å². The normalized spacial score (nSPS) is 13.6. The van der Waals surface area contributed by atoms with Crippen LogP contribution >= 0.6 is 0 Å². The molecular weight excluding hydrogens is 528 g/mol. The molecule has 0 unspecified atom stereocenters. The van der Waals surface area contributed by atoms with E-state index in [9.17, 15) is 10.1 Å². The molecule has 0 aliphatic carbocycles. The number of hydrogen-bond donors (Lipinski definition) is 0. The van der Waals surface area contributed by atoms with Crippen molar-refractivity contribution in [3.8, 4) is 17.2 Å². The number of fused-ring (bicyclic) bond motifs is 2. The molecule has 0 saturated heterocycles. The fraction of sp³-hybridized carbons (Fsp3) is 0.105. The molecule has 0 spiro atoms. The molecule has 7 rings (SSSR count). The number of aromatic nitrogens is 2. The van der Waals surface area contributed by atoms with Gasteiger partial charge in [-0.2, -0.15) is 5.26 Å². The van der Waals surface area contributed by atoms with Gasteiger partial charge >= 0.3 is 0 Å². The van der Waals surface area contributed by atoms with Crippen LogP contribution in [0.4, 0.5) is 5.69 Å². The Morgan fingerprint density at radius 3 is 2.07 bits per heavy atom. The van der Waals surface area contributed by atoms with E-state index >= 15 is 0 Å². The first-order valence-electron chi connectivity index (χ1n) is 14.3. The Kier molecular flexibility index (Phi) is 6.33. The molecule has 1 aliphatic rings. The van der Waals surface area contributed by atoms with E-state index in [1.807, 2.05) is 60.5 Å². The summed E-state index contributed by atoms with van der Waals surface area (Å²) < 4.78 is 0. The summed E-state index contributed by atoms with van der Waals surface area (Å²) in [5.74, 6) is -0.0147. The Morgan fingerprint density at radius 2 is 1.42 bits per heavy atom. The predicted octanol–water partition coefficient (Wildman–Crippen LogP) is 7.38. The van der Waals surface area contributed by atoms with Crippen LogP contribution in [0.25, 0.3) is 21.9 Å². The van der Waals surface area contributed by atoms with Crippen molar-refractivity contribution in [2.24, 2.45) is 0 Å². The molecule has 4 aromatic carbocycles. The number of nitriles is 1. The summed E-state index contributed by atoms with van der Waals surface area (Å²) in [4.78, 5) is 25.2. The van der Waals surface area contributed by atoms with Gasteiger partial charge in [-0.3, -0.25) is 14.8 Å².